The summed E-state index contributed by atoms with van der Waals surface area (Å²) in [5.41, 5.74) is 2.90. The molecule has 1 saturated heterocycles. The minimum Gasteiger partial charge on any atom is -0.478 e. The van der Waals surface area contributed by atoms with Crippen LogP contribution in [0.2, 0.25) is 0 Å². The molecule has 0 aliphatic carbocycles. The van der Waals surface area contributed by atoms with E-state index in [9.17, 15) is 9.59 Å². The molecule has 2 N–H and O–H groups in total. The van der Waals surface area contributed by atoms with Crippen LogP contribution in [0.4, 0.5) is 0 Å². The van der Waals surface area contributed by atoms with E-state index in [0.29, 0.717) is 24.0 Å². The third-order valence-electron chi connectivity index (χ3n) is 6.12. The molecule has 3 rings (SSSR count). The molecule has 1 fully saturated rings. The van der Waals surface area contributed by atoms with E-state index in [1.807, 2.05) is 0 Å². The molecule has 188 valence electrons. The Morgan fingerprint density at radius 1 is 0.886 bits per heavy atom. The van der Waals surface area contributed by atoms with Gasteiger partial charge in [-0.2, -0.15) is 0 Å². The van der Waals surface area contributed by atoms with E-state index in [1.54, 1.807) is 0 Å². The molecule has 35 heavy (non-hydrogen) atoms. The fourth-order valence-corrected chi connectivity index (χ4v) is 4.37. The van der Waals surface area contributed by atoms with Gasteiger partial charge in [-0.3, -0.25) is 4.99 Å². The molecule has 1 aliphatic rings. The molecular formula is C29H38N2O4. The average molecular weight is 479 g/mol. The van der Waals surface area contributed by atoms with Crippen LogP contribution in [0.15, 0.2) is 77.8 Å². The number of carboxylic acids is 2. The number of piperidine rings is 1. The topological polar surface area (TPSA) is 90.2 Å². The van der Waals surface area contributed by atoms with Crippen molar-refractivity contribution >= 4 is 18.3 Å². The van der Waals surface area contributed by atoms with Crippen LogP contribution >= 0.6 is 0 Å². The Kier molecular flexibility index (Phi) is 12.9. The average Bonchev–Trinajstić information content (AvgIpc) is 2.88. The Labute approximate surface area is 209 Å². The number of likely N-dealkylation sites (tertiary alicyclic amines) is 1. The highest BCUT2D eigenvalue weighted by atomic mass is 16.4. The predicted octanol–water partition coefficient (Wildman–Crippen LogP) is 5.85. The molecule has 0 radical (unpaired) electrons. The Hall–Kier alpha value is -3.41. The lowest BCUT2D eigenvalue weighted by molar-refractivity contribution is -0.134. The SMILES string of the molecule is CCCCCCN=CN1CCC(C(c2ccccc2)c2ccccc2)CC1.O=C(O)/C=C/C(=O)O. The lowest BCUT2D eigenvalue weighted by atomic mass is 9.76. The summed E-state index contributed by atoms with van der Waals surface area (Å²) in [6.07, 6.45) is 10.9. The van der Waals surface area contributed by atoms with Crippen LogP contribution < -0.4 is 0 Å². The van der Waals surface area contributed by atoms with Gasteiger partial charge in [0.05, 0.1) is 6.34 Å². The van der Waals surface area contributed by atoms with E-state index in [2.05, 4.69) is 83.8 Å². The lowest BCUT2D eigenvalue weighted by Gasteiger charge is -2.36. The zero-order valence-corrected chi connectivity index (χ0v) is 20.6. The van der Waals surface area contributed by atoms with Gasteiger partial charge in [0.25, 0.3) is 0 Å². The second-order valence-corrected chi connectivity index (χ2v) is 8.76. The van der Waals surface area contributed by atoms with E-state index in [0.717, 1.165) is 19.6 Å². The second kappa shape index (κ2) is 16.3. The van der Waals surface area contributed by atoms with Crippen molar-refractivity contribution in [1.29, 1.82) is 0 Å². The molecule has 0 bridgehead atoms. The molecule has 0 spiro atoms. The molecule has 1 aliphatic heterocycles. The van der Waals surface area contributed by atoms with Crippen molar-refractivity contribution in [2.45, 2.75) is 51.4 Å². The molecule has 0 amide bonds. The van der Waals surface area contributed by atoms with E-state index in [-0.39, 0.29) is 0 Å². The van der Waals surface area contributed by atoms with Crippen molar-refractivity contribution in [3.63, 3.8) is 0 Å². The van der Waals surface area contributed by atoms with Crippen LogP contribution in [0.3, 0.4) is 0 Å². The van der Waals surface area contributed by atoms with Gasteiger partial charge in [-0.1, -0.05) is 86.8 Å². The molecular weight excluding hydrogens is 440 g/mol. The van der Waals surface area contributed by atoms with Crippen LogP contribution in [0, 0.1) is 5.92 Å². The Morgan fingerprint density at radius 2 is 1.40 bits per heavy atom. The maximum absolute atomic E-state index is 9.55. The van der Waals surface area contributed by atoms with Crippen molar-refractivity contribution in [3.05, 3.63) is 83.9 Å². The van der Waals surface area contributed by atoms with Crippen molar-refractivity contribution in [1.82, 2.24) is 4.90 Å². The first-order valence-electron chi connectivity index (χ1n) is 12.5. The number of benzene rings is 2. The minimum absolute atomic E-state index is 0.500. The number of rotatable bonds is 11. The summed E-state index contributed by atoms with van der Waals surface area (Å²) in [5, 5.41) is 15.6. The maximum Gasteiger partial charge on any atom is 0.328 e. The zero-order valence-electron chi connectivity index (χ0n) is 20.6. The molecule has 6 nitrogen and oxygen atoms in total. The van der Waals surface area contributed by atoms with Crippen LogP contribution in [0.1, 0.15) is 62.5 Å². The van der Waals surface area contributed by atoms with Gasteiger partial charge in [0.15, 0.2) is 0 Å². The lowest BCUT2D eigenvalue weighted by Crippen LogP contribution is -2.35. The Bertz CT molecular complexity index is 865. The summed E-state index contributed by atoms with van der Waals surface area (Å²) in [6, 6.07) is 22.1. The number of nitrogens with zero attached hydrogens (tertiary/aromatic N) is 2. The van der Waals surface area contributed by atoms with E-state index in [1.165, 1.54) is 49.7 Å². The van der Waals surface area contributed by atoms with Gasteiger partial charge in [0.1, 0.15) is 0 Å². The Morgan fingerprint density at radius 3 is 1.86 bits per heavy atom. The normalized spacial score (nSPS) is 14.3. The van der Waals surface area contributed by atoms with Crippen LogP contribution in [-0.4, -0.2) is 53.0 Å². The van der Waals surface area contributed by atoms with Crippen LogP contribution in [-0.2, 0) is 9.59 Å². The number of hydrogen-bond acceptors (Lipinski definition) is 3. The molecule has 0 unspecified atom stereocenters. The van der Waals surface area contributed by atoms with E-state index < -0.39 is 11.9 Å². The third kappa shape index (κ3) is 11.0. The highest BCUT2D eigenvalue weighted by Gasteiger charge is 2.28. The molecule has 2 aromatic rings. The quantitative estimate of drug-likeness (QED) is 0.183. The minimum atomic E-state index is -1.26. The molecule has 0 aromatic heterocycles. The molecule has 2 aromatic carbocycles. The van der Waals surface area contributed by atoms with Gasteiger partial charge >= 0.3 is 11.9 Å². The van der Waals surface area contributed by atoms with Gasteiger partial charge in [0, 0.05) is 37.7 Å². The summed E-state index contributed by atoms with van der Waals surface area (Å²) >= 11 is 0. The first-order valence-corrected chi connectivity index (χ1v) is 12.5. The third-order valence-corrected chi connectivity index (χ3v) is 6.12. The number of unbranched alkanes of at least 4 members (excludes halogenated alkanes) is 3. The van der Waals surface area contributed by atoms with Gasteiger partial charge in [0.2, 0.25) is 0 Å². The maximum atomic E-state index is 9.55. The highest BCUT2D eigenvalue weighted by molar-refractivity contribution is 5.89. The molecule has 0 saturated carbocycles. The predicted molar refractivity (Wildman–Crippen MR) is 141 cm³/mol. The largest absolute Gasteiger partial charge is 0.478 e. The summed E-state index contributed by atoms with van der Waals surface area (Å²) in [6.45, 7) is 5.49. The molecule has 1 heterocycles. The number of aliphatic imine (C=N–C) groups is 1. The second-order valence-electron chi connectivity index (χ2n) is 8.76. The fraction of sp³-hybridized carbons (Fsp3) is 0.414. The van der Waals surface area contributed by atoms with Gasteiger partial charge in [-0.05, 0) is 36.3 Å². The van der Waals surface area contributed by atoms with Gasteiger partial charge in [-0.15, -0.1) is 0 Å². The van der Waals surface area contributed by atoms with Crippen molar-refractivity contribution < 1.29 is 19.8 Å². The number of aliphatic carboxylic acids is 2. The van der Waals surface area contributed by atoms with Crippen molar-refractivity contribution in [3.8, 4) is 0 Å². The summed E-state index contributed by atoms with van der Waals surface area (Å²) in [7, 11) is 0. The zero-order chi connectivity index (χ0) is 25.3. The summed E-state index contributed by atoms with van der Waals surface area (Å²) < 4.78 is 0. The summed E-state index contributed by atoms with van der Waals surface area (Å²) in [4.78, 5) is 26.2. The van der Waals surface area contributed by atoms with Crippen molar-refractivity contribution in [2.75, 3.05) is 19.6 Å². The summed E-state index contributed by atoms with van der Waals surface area (Å²) in [5.74, 6) is -1.32. The first kappa shape index (κ1) is 27.8. The fourth-order valence-electron chi connectivity index (χ4n) is 4.37. The highest BCUT2D eigenvalue weighted by Crippen LogP contribution is 2.37. The number of carboxylic acid groups (broad SMARTS) is 2. The van der Waals surface area contributed by atoms with Crippen LogP contribution in [0.25, 0.3) is 0 Å². The molecule has 6 heteroatoms. The van der Waals surface area contributed by atoms with Crippen molar-refractivity contribution in [2.24, 2.45) is 10.9 Å². The van der Waals surface area contributed by atoms with Crippen LogP contribution in [0.5, 0.6) is 0 Å². The monoisotopic (exact) mass is 478 g/mol. The van der Waals surface area contributed by atoms with E-state index >= 15 is 0 Å². The number of hydrogen-bond donors (Lipinski definition) is 2. The van der Waals surface area contributed by atoms with Gasteiger partial charge in [-0.25, -0.2) is 9.59 Å². The molecule has 0 atom stereocenters. The van der Waals surface area contributed by atoms with E-state index in [4.69, 9.17) is 10.2 Å². The first-order chi connectivity index (χ1) is 17.0. The van der Waals surface area contributed by atoms with Gasteiger partial charge < -0.3 is 15.1 Å². The number of carbonyl (C=O) groups is 2. The Balaban J connectivity index is 0.000000466. The smallest absolute Gasteiger partial charge is 0.328 e. The standard InChI is InChI=1S/C25H34N2.C4H4O4/c1-2-3-4-11-18-26-21-27-19-16-24(17-20-27)25(22-12-7-5-8-13-22)23-14-9-6-10-15-23;5-3(6)1-2-4(7)8/h5-10,12-15,21,24-25H,2-4,11,16-20H2,1H3;1-2H,(H,5,6)(H,7,8)/b;2-1+.